The van der Waals surface area contributed by atoms with E-state index in [0.29, 0.717) is 17.8 Å². The predicted octanol–water partition coefficient (Wildman–Crippen LogP) is 2.04. The summed E-state index contributed by atoms with van der Waals surface area (Å²) in [6, 6.07) is 0.371. The number of rotatable bonds is 5. The Morgan fingerprint density at radius 2 is 2.32 bits per heavy atom. The van der Waals surface area contributed by atoms with Crippen molar-refractivity contribution < 1.29 is 4.79 Å². The molecule has 0 unspecified atom stereocenters. The fraction of sp³-hybridized carbons (Fsp3) is 0.800. The molecule has 3 rings (SSSR count). The number of nitrogens with zero attached hydrogens (tertiary/aromatic N) is 4. The Kier molecular flexibility index (Phi) is 4.90. The van der Waals surface area contributed by atoms with E-state index in [9.17, 15) is 4.79 Å². The molecule has 2 aliphatic rings. The average molecular weight is 323 g/mol. The third-order valence-corrected chi connectivity index (χ3v) is 5.94. The van der Waals surface area contributed by atoms with Gasteiger partial charge in [-0.2, -0.15) is 11.8 Å². The lowest BCUT2D eigenvalue weighted by Gasteiger charge is -2.25. The highest BCUT2D eigenvalue weighted by Crippen LogP contribution is 2.32. The Bertz CT molecular complexity index is 532. The van der Waals surface area contributed by atoms with Crippen molar-refractivity contribution in [2.45, 2.75) is 63.4 Å². The van der Waals surface area contributed by atoms with Crippen molar-refractivity contribution in [2.75, 3.05) is 12.8 Å². The van der Waals surface area contributed by atoms with Gasteiger partial charge in [-0.1, -0.05) is 6.92 Å². The average Bonchev–Trinajstić information content (AvgIpc) is 3.21. The van der Waals surface area contributed by atoms with Crippen LogP contribution < -0.4 is 5.32 Å². The number of carbonyl (C=O) groups excluding carboxylic acids is 1. The topological polar surface area (TPSA) is 63.1 Å². The zero-order chi connectivity index (χ0) is 15.5. The Labute approximate surface area is 136 Å². The molecule has 22 heavy (non-hydrogen) atoms. The predicted molar refractivity (Wildman–Crippen MR) is 87.9 cm³/mol. The number of thioether (sulfide) groups is 1. The highest BCUT2D eigenvalue weighted by molar-refractivity contribution is 7.99. The highest BCUT2D eigenvalue weighted by Gasteiger charge is 2.30. The van der Waals surface area contributed by atoms with Gasteiger partial charge in [0.2, 0.25) is 0 Å². The number of urea groups is 1. The molecule has 2 amide bonds. The minimum Gasteiger partial charge on any atom is -0.331 e. The first kappa shape index (κ1) is 15.6. The maximum absolute atomic E-state index is 12.3. The second-order valence-corrected chi connectivity index (χ2v) is 7.68. The van der Waals surface area contributed by atoms with Crippen LogP contribution >= 0.6 is 11.8 Å². The molecule has 1 saturated carbocycles. The first-order valence-electron chi connectivity index (χ1n) is 8.22. The van der Waals surface area contributed by atoms with Gasteiger partial charge in [0.05, 0.1) is 6.54 Å². The third-order valence-electron chi connectivity index (χ3n) is 4.71. The van der Waals surface area contributed by atoms with Crippen LogP contribution in [0.3, 0.4) is 0 Å². The molecule has 2 heterocycles. The maximum Gasteiger partial charge on any atom is 0.317 e. The Hall–Kier alpha value is -1.24. The van der Waals surface area contributed by atoms with Gasteiger partial charge in [-0.3, -0.25) is 0 Å². The molecule has 2 atom stereocenters. The van der Waals surface area contributed by atoms with Crippen molar-refractivity contribution in [3.63, 3.8) is 0 Å². The van der Waals surface area contributed by atoms with Crippen LogP contribution in [0, 0.1) is 0 Å². The first-order valence-corrected chi connectivity index (χ1v) is 9.27. The molecule has 0 bridgehead atoms. The molecular formula is C15H25N5OS. The molecule has 1 N–H and O–H groups in total. The smallest absolute Gasteiger partial charge is 0.317 e. The Morgan fingerprint density at radius 3 is 3.14 bits per heavy atom. The van der Waals surface area contributed by atoms with E-state index in [-0.39, 0.29) is 6.03 Å². The molecule has 0 saturated heterocycles. The molecule has 1 aliphatic carbocycles. The molecule has 7 heteroatoms. The summed E-state index contributed by atoms with van der Waals surface area (Å²) in [4.78, 5) is 14.2. The zero-order valence-corrected chi connectivity index (χ0v) is 14.2. The number of aryl methyl sites for hydroxylation is 1. The number of nitrogens with one attached hydrogen (secondary N) is 1. The maximum atomic E-state index is 12.3. The van der Waals surface area contributed by atoms with E-state index >= 15 is 0 Å². The summed E-state index contributed by atoms with van der Waals surface area (Å²) >= 11 is 2.02. The van der Waals surface area contributed by atoms with Crippen LogP contribution in [-0.2, 0) is 19.5 Å². The minimum atomic E-state index is 0.00231. The third kappa shape index (κ3) is 3.24. The summed E-state index contributed by atoms with van der Waals surface area (Å²) in [6.45, 7) is 3.64. The summed E-state index contributed by atoms with van der Waals surface area (Å²) < 4.78 is 2.13. The van der Waals surface area contributed by atoms with Crippen molar-refractivity contribution >= 4 is 17.8 Å². The molecule has 1 fully saturated rings. The normalized spacial score (nSPS) is 23.5. The lowest BCUT2D eigenvalue weighted by Crippen LogP contribution is -2.42. The van der Waals surface area contributed by atoms with Gasteiger partial charge in [0.15, 0.2) is 5.82 Å². The van der Waals surface area contributed by atoms with Gasteiger partial charge >= 0.3 is 6.03 Å². The van der Waals surface area contributed by atoms with E-state index in [1.807, 2.05) is 23.7 Å². The van der Waals surface area contributed by atoms with Crippen molar-refractivity contribution in [1.29, 1.82) is 0 Å². The van der Waals surface area contributed by atoms with Gasteiger partial charge in [0.25, 0.3) is 0 Å². The summed E-state index contributed by atoms with van der Waals surface area (Å²) in [7, 11) is 1.91. The zero-order valence-electron chi connectivity index (χ0n) is 13.4. The summed E-state index contributed by atoms with van der Waals surface area (Å²) in [5, 5.41) is 12.1. The molecular weight excluding hydrogens is 298 g/mol. The minimum absolute atomic E-state index is 0.00231. The van der Waals surface area contributed by atoms with Crippen molar-refractivity contribution in [3.8, 4) is 0 Å². The summed E-state index contributed by atoms with van der Waals surface area (Å²) in [5.41, 5.74) is 0. The van der Waals surface area contributed by atoms with Gasteiger partial charge in [-0.25, -0.2) is 4.79 Å². The lowest BCUT2D eigenvalue weighted by molar-refractivity contribution is 0.190. The quantitative estimate of drug-likeness (QED) is 0.901. The molecule has 1 aromatic heterocycles. The monoisotopic (exact) mass is 323 g/mol. The van der Waals surface area contributed by atoms with Crippen LogP contribution in [0.5, 0.6) is 0 Å². The number of aromatic nitrogens is 3. The van der Waals surface area contributed by atoms with Crippen LogP contribution in [0.15, 0.2) is 0 Å². The summed E-state index contributed by atoms with van der Waals surface area (Å²) in [6.07, 6.45) is 5.58. The fourth-order valence-corrected chi connectivity index (χ4v) is 4.58. The van der Waals surface area contributed by atoms with Crippen LogP contribution in [0.25, 0.3) is 0 Å². The second-order valence-electron chi connectivity index (χ2n) is 6.10. The number of carbonyl (C=O) groups is 1. The number of hydrogen-bond acceptors (Lipinski definition) is 4. The molecule has 6 nitrogen and oxygen atoms in total. The largest absolute Gasteiger partial charge is 0.331 e. The van der Waals surface area contributed by atoms with Crippen LogP contribution in [0.4, 0.5) is 4.79 Å². The van der Waals surface area contributed by atoms with Crippen molar-refractivity contribution in [2.24, 2.45) is 0 Å². The van der Waals surface area contributed by atoms with Crippen LogP contribution in [-0.4, -0.2) is 49.8 Å². The van der Waals surface area contributed by atoms with Gasteiger partial charge in [0, 0.05) is 31.3 Å². The van der Waals surface area contributed by atoms with Crippen LogP contribution in [0.1, 0.15) is 44.3 Å². The second kappa shape index (κ2) is 6.89. The Balaban J connectivity index is 1.49. The summed E-state index contributed by atoms with van der Waals surface area (Å²) in [5.74, 6) is 3.08. The van der Waals surface area contributed by atoms with Crippen molar-refractivity contribution in [1.82, 2.24) is 25.0 Å². The molecule has 0 aromatic carbocycles. The first-order chi connectivity index (χ1) is 10.7. The van der Waals surface area contributed by atoms with Gasteiger partial charge in [-0.05, 0) is 31.4 Å². The number of amides is 2. The molecule has 1 aliphatic heterocycles. The van der Waals surface area contributed by atoms with Gasteiger partial charge < -0.3 is 14.8 Å². The van der Waals surface area contributed by atoms with E-state index in [2.05, 4.69) is 27.0 Å². The SMILES string of the molecule is CCS[C@H]1CC[C@H](N(C)C(=O)NCc2nnc3n2CCC3)C1. The van der Waals surface area contributed by atoms with Gasteiger partial charge in [-0.15, -0.1) is 10.2 Å². The fourth-order valence-electron chi connectivity index (χ4n) is 3.44. The van der Waals surface area contributed by atoms with E-state index in [0.717, 1.165) is 49.6 Å². The van der Waals surface area contributed by atoms with E-state index < -0.39 is 0 Å². The number of fused-ring (bicyclic) bond motifs is 1. The standard InChI is InChI=1S/C15H25N5OS/c1-3-22-12-7-6-11(9-12)19(2)15(21)16-10-14-18-17-13-5-4-8-20(13)14/h11-12H,3-10H2,1-2H3,(H,16,21)/t11-,12-/m0/s1. The number of hydrogen-bond donors (Lipinski definition) is 1. The van der Waals surface area contributed by atoms with Crippen molar-refractivity contribution in [3.05, 3.63) is 11.6 Å². The van der Waals surface area contributed by atoms with E-state index in [1.165, 1.54) is 6.42 Å². The molecule has 0 radical (unpaired) electrons. The van der Waals surface area contributed by atoms with E-state index in [1.54, 1.807) is 0 Å². The molecule has 0 spiro atoms. The van der Waals surface area contributed by atoms with Gasteiger partial charge in [0.1, 0.15) is 5.82 Å². The Morgan fingerprint density at radius 1 is 1.45 bits per heavy atom. The molecule has 1 aromatic rings. The van der Waals surface area contributed by atoms with Crippen LogP contribution in [0.2, 0.25) is 0 Å². The highest BCUT2D eigenvalue weighted by atomic mass is 32.2. The van der Waals surface area contributed by atoms with E-state index in [4.69, 9.17) is 0 Å². The lowest BCUT2D eigenvalue weighted by atomic mass is 10.2. The molecule has 122 valence electrons.